The van der Waals surface area contributed by atoms with Gasteiger partial charge in [0.15, 0.2) is 0 Å². The second kappa shape index (κ2) is 8.05. The average molecular weight is 300 g/mol. The van der Waals surface area contributed by atoms with Crippen LogP contribution < -0.4 is 15.4 Å². The molecule has 1 unspecified atom stereocenters. The Labute approximate surface area is 129 Å². The first kappa shape index (κ1) is 15.9. The third-order valence-electron chi connectivity index (χ3n) is 3.26. The van der Waals surface area contributed by atoms with Crippen molar-refractivity contribution < 1.29 is 14.6 Å². The fourth-order valence-corrected chi connectivity index (χ4v) is 2.24. The predicted octanol–water partition coefficient (Wildman–Crippen LogP) is 2.08. The Morgan fingerprint density at radius 2 is 1.82 bits per heavy atom. The average Bonchev–Trinajstić information content (AvgIpc) is 2.58. The van der Waals surface area contributed by atoms with Crippen molar-refractivity contribution in [2.24, 2.45) is 0 Å². The molecule has 5 heteroatoms. The zero-order valence-electron chi connectivity index (χ0n) is 12.5. The first-order valence-corrected chi connectivity index (χ1v) is 7.09. The van der Waals surface area contributed by atoms with Gasteiger partial charge in [0.1, 0.15) is 5.75 Å². The number of nitrogens with one attached hydrogen (secondary N) is 2. The number of benzene rings is 2. The van der Waals surface area contributed by atoms with Crippen molar-refractivity contribution in [1.82, 2.24) is 10.6 Å². The van der Waals surface area contributed by atoms with Crippen LogP contribution in [-0.2, 0) is 0 Å². The zero-order valence-corrected chi connectivity index (χ0v) is 12.5. The molecule has 0 radical (unpaired) electrons. The predicted molar refractivity (Wildman–Crippen MR) is 84.9 cm³/mol. The molecule has 0 bridgehead atoms. The Morgan fingerprint density at radius 1 is 1.14 bits per heavy atom. The smallest absolute Gasteiger partial charge is 0.315 e. The van der Waals surface area contributed by atoms with Crippen molar-refractivity contribution >= 4 is 6.03 Å². The van der Waals surface area contributed by atoms with E-state index in [9.17, 15) is 4.79 Å². The van der Waals surface area contributed by atoms with Crippen LogP contribution in [0.25, 0.3) is 0 Å². The van der Waals surface area contributed by atoms with E-state index in [0.29, 0.717) is 5.75 Å². The summed E-state index contributed by atoms with van der Waals surface area (Å²) in [5.74, 6) is 0.707. The number of carbonyl (C=O) groups excluding carboxylic acids is 1. The third kappa shape index (κ3) is 3.99. The van der Waals surface area contributed by atoms with Crippen molar-refractivity contribution in [3.63, 3.8) is 0 Å². The fourth-order valence-electron chi connectivity index (χ4n) is 2.24. The van der Waals surface area contributed by atoms with E-state index in [-0.39, 0.29) is 25.2 Å². The Morgan fingerprint density at radius 3 is 2.50 bits per heavy atom. The van der Waals surface area contributed by atoms with E-state index in [4.69, 9.17) is 9.84 Å². The summed E-state index contributed by atoms with van der Waals surface area (Å²) in [4.78, 5) is 12.0. The molecule has 5 nitrogen and oxygen atoms in total. The molecule has 0 aromatic heterocycles. The Hall–Kier alpha value is -2.53. The van der Waals surface area contributed by atoms with Gasteiger partial charge >= 0.3 is 6.03 Å². The lowest BCUT2D eigenvalue weighted by Gasteiger charge is -2.22. The lowest BCUT2D eigenvalue weighted by atomic mass is 9.98. The van der Waals surface area contributed by atoms with Gasteiger partial charge in [-0.2, -0.15) is 0 Å². The van der Waals surface area contributed by atoms with Crippen LogP contribution in [0.3, 0.4) is 0 Å². The highest BCUT2D eigenvalue weighted by Crippen LogP contribution is 2.29. The van der Waals surface area contributed by atoms with Gasteiger partial charge in [-0.25, -0.2) is 4.79 Å². The number of carbonyl (C=O) groups is 1. The fraction of sp³-hybridized carbons (Fsp3) is 0.235. The Kier molecular flexibility index (Phi) is 5.80. The van der Waals surface area contributed by atoms with Gasteiger partial charge in [-0.3, -0.25) is 0 Å². The number of urea groups is 1. The monoisotopic (exact) mass is 300 g/mol. The standard InChI is InChI=1S/C17H20N2O3/c1-22-15-10-6-5-9-14(15)16(13-7-3-2-4-8-13)19-17(21)18-11-12-20/h2-10,16,20H,11-12H2,1H3,(H2,18,19,21). The largest absolute Gasteiger partial charge is 0.496 e. The molecular formula is C17H20N2O3. The summed E-state index contributed by atoms with van der Waals surface area (Å²) in [6, 6.07) is 16.6. The number of aliphatic hydroxyl groups excluding tert-OH is 1. The molecule has 22 heavy (non-hydrogen) atoms. The van der Waals surface area contributed by atoms with Gasteiger partial charge in [0.2, 0.25) is 0 Å². The van der Waals surface area contributed by atoms with E-state index >= 15 is 0 Å². The van der Waals surface area contributed by atoms with Crippen molar-refractivity contribution in [2.75, 3.05) is 20.3 Å². The molecule has 2 aromatic rings. The highest BCUT2D eigenvalue weighted by atomic mass is 16.5. The molecular weight excluding hydrogens is 280 g/mol. The highest BCUT2D eigenvalue weighted by molar-refractivity contribution is 5.75. The SMILES string of the molecule is COc1ccccc1C(NC(=O)NCCO)c1ccccc1. The number of rotatable bonds is 6. The molecule has 3 N–H and O–H groups in total. The number of hydrogen-bond donors (Lipinski definition) is 3. The first-order valence-electron chi connectivity index (χ1n) is 7.09. The minimum Gasteiger partial charge on any atom is -0.496 e. The van der Waals surface area contributed by atoms with Gasteiger partial charge in [-0.05, 0) is 11.6 Å². The van der Waals surface area contributed by atoms with Crippen LogP contribution in [0.1, 0.15) is 17.2 Å². The van der Waals surface area contributed by atoms with Gasteiger partial charge in [-0.15, -0.1) is 0 Å². The van der Waals surface area contributed by atoms with Crippen LogP contribution in [0.4, 0.5) is 4.79 Å². The second-order valence-electron chi connectivity index (χ2n) is 4.71. The topological polar surface area (TPSA) is 70.6 Å². The van der Waals surface area contributed by atoms with Crippen LogP contribution in [0.5, 0.6) is 5.75 Å². The van der Waals surface area contributed by atoms with Crippen molar-refractivity contribution in [3.05, 3.63) is 65.7 Å². The summed E-state index contributed by atoms with van der Waals surface area (Å²) >= 11 is 0. The van der Waals surface area contributed by atoms with Gasteiger partial charge in [0, 0.05) is 12.1 Å². The maximum absolute atomic E-state index is 12.0. The summed E-state index contributed by atoms with van der Waals surface area (Å²) in [7, 11) is 1.60. The molecule has 0 saturated heterocycles. The highest BCUT2D eigenvalue weighted by Gasteiger charge is 2.19. The molecule has 1 atom stereocenters. The first-order chi connectivity index (χ1) is 10.8. The van der Waals surface area contributed by atoms with E-state index in [1.165, 1.54) is 0 Å². The van der Waals surface area contributed by atoms with Gasteiger partial charge in [-0.1, -0.05) is 48.5 Å². The number of ether oxygens (including phenoxy) is 1. The van der Waals surface area contributed by atoms with Gasteiger partial charge in [0.25, 0.3) is 0 Å². The summed E-state index contributed by atoms with van der Waals surface area (Å²) in [6.07, 6.45) is 0. The van der Waals surface area contributed by atoms with E-state index < -0.39 is 0 Å². The lowest BCUT2D eigenvalue weighted by Crippen LogP contribution is -2.39. The number of hydrogen-bond acceptors (Lipinski definition) is 3. The summed E-state index contributed by atoms with van der Waals surface area (Å²) in [6.45, 7) is 0.108. The number of methoxy groups -OCH3 is 1. The molecule has 0 spiro atoms. The molecule has 0 aliphatic rings. The summed E-state index contributed by atoms with van der Waals surface area (Å²) < 4.78 is 5.40. The molecule has 0 aliphatic heterocycles. The van der Waals surface area contributed by atoms with Crippen molar-refractivity contribution in [1.29, 1.82) is 0 Å². The van der Waals surface area contributed by atoms with E-state index in [1.807, 2.05) is 54.6 Å². The van der Waals surface area contributed by atoms with E-state index in [0.717, 1.165) is 11.1 Å². The van der Waals surface area contributed by atoms with Crippen LogP contribution >= 0.6 is 0 Å². The summed E-state index contributed by atoms with van der Waals surface area (Å²) in [5, 5.41) is 14.3. The van der Waals surface area contributed by atoms with Crippen LogP contribution in [0, 0.1) is 0 Å². The van der Waals surface area contributed by atoms with Gasteiger partial charge in [0.05, 0.1) is 19.8 Å². The minimum absolute atomic E-state index is 0.0991. The molecule has 0 saturated carbocycles. The zero-order chi connectivity index (χ0) is 15.8. The summed E-state index contributed by atoms with van der Waals surface area (Å²) in [5.41, 5.74) is 1.82. The van der Waals surface area contributed by atoms with E-state index in [2.05, 4.69) is 10.6 Å². The molecule has 2 amide bonds. The van der Waals surface area contributed by atoms with Crippen LogP contribution in [0.15, 0.2) is 54.6 Å². The van der Waals surface area contributed by atoms with Gasteiger partial charge < -0.3 is 20.5 Å². The van der Waals surface area contributed by atoms with Crippen molar-refractivity contribution in [3.8, 4) is 5.75 Å². The minimum atomic E-state index is -0.339. The maximum Gasteiger partial charge on any atom is 0.315 e. The number of para-hydroxylation sites is 1. The molecule has 0 heterocycles. The molecule has 2 rings (SSSR count). The molecule has 0 fully saturated rings. The van der Waals surface area contributed by atoms with Crippen LogP contribution in [0.2, 0.25) is 0 Å². The van der Waals surface area contributed by atoms with Crippen LogP contribution in [-0.4, -0.2) is 31.4 Å². The Balaban J connectivity index is 2.31. The maximum atomic E-state index is 12.0. The van der Waals surface area contributed by atoms with Crippen molar-refractivity contribution in [2.45, 2.75) is 6.04 Å². The Bertz CT molecular complexity index is 602. The normalized spacial score (nSPS) is 11.5. The lowest BCUT2D eigenvalue weighted by molar-refractivity contribution is 0.232. The third-order valence-corrected chi connectivity index (χ3v) is 3.26. The molecule has 116 valence electrons. The quantitative estimate of drug-likeness (QED) is 0.765. The molecule has 0 aliphatic carbocycles. The van der Waals surface area contributed by atoms with E-state index in [1.54, 1.807) is 7.11 Å². The molecule has 2 aromatic carbocycles. The second-order valence-corrected chi connectivity index (χ2v) is 4.71. The number of amides is 2. The number of aliphatic hydroxyl groups is 1.